The molecule has 1 amide bonds. The summed E-state index contributed by atoms with van der Waals surface area (Å²) in [5.41, 5.74) is 2.64. The molecular weight excluding hydrogens is 332 g/mol. The van der Waals surface area contributed by atoms with Gasteiger partial charge in [0.1, 0.15) is 0 Å². The van der Waals surface area contributed by atoms with E-state index in [9.17, 15) is 4.79 Å². The van der Waals surface area contributed by atoms with Gasteiger partial charge in [-0.25, -0.2) is 0 Å². The molecule has 1 aliphatic rings. The molecule has 25 heavy (non-hydrogen) atoms. The highest BCUT2D eigenvalue weighted by Crippen LogP contribution is 2.23. The fourth-order valence-electron chi connectivity index (χ4n) is 3.19. The topological polar surface area (TPSA) is 61.0 Å². The van der Waals surface area contributed by atoms with Crippen molar-refractivity contribution in [2.24, 2.45) is 0 Å². The summed E-state index contributed by atoms with van der Waals surface area (Å²) >= 11 is 1.63. The largest absolute Gasteiger partial charge is 0.347 e. The van der Waals surface area contributed by atoms with Gasteiger partial charge in [0.15, 0.2) is 5.69 Å². The van der Waals surface area contributed by atoms with E-state index in [1.165, 1.54) is 5.56 Å². The number of thiophene rings is 1. The van der Waals surface area contributed by atoms with Crippen molar-refractivity contribution in [3.8, 4) is 10.6 Å². The zero-order valence-electron chi connectivity index (χ0n) is 13.8. The molecule has 1 saturated heterocycles. The minimum atomic E-state index is -0.106. The lowest BCUT2D eigenvalue weighted by Crippen LogP contribution is -2.37. The molecule has 1 fully saturated rings. The Balaban J connectivity index is 1.33. The maximum Gasteiger partial charge on any atom is 0.272 e. The van der Waals surface area contributed by atoms with Crippen LogP contribution in [0.4, 0.5) is 0 Å². The Morgan fingerprint density at radius 1 is 1.28 bits per heavy atom. The smallest absolute Gasteiger partial charge is 0.272 e. The van der Waals surface area contributed by atoms with Gasteiger partial charge in [0.05, 0.1) is 10.6 Å². The number of carbonyl (C=O) groups is 1. The monoisotopic (exact) mass is 352 g/mol. The van der Waals surface area contributed by atoms with Crippen LogP contribution in [0.5, 0.6) is 0 Å². The van der Waals surface area contributed by atoms with Gasteiger partial charge in [0, 0.05) is 25.7 Å². The second kappa shape index (κ2) is 7.21. The number of H-pyrrole nitrogens is 1. The minimum Gasteiger partial charge on any atom is -0.347 e. The zero-order chi connectivity index (χ0) is 17.1. The van der Waals surface area contributed by atoms with Crippen LogP contribution in [0.2, 0.25) is 0 Å². The van der Waals surface area contributed by atoms with E-state index in [0.29, 0.717) is 5.69 Å². The first-order chi connectivity index (χ1) is 12.3. The van der Waals surface area contributed by atoms with Crippen LogP contribution in [-0.2, 0) is 6.54 Å². The molecule has 2 aromatic heterocycles. The van der Waals surface area contributed by atoms with E-state index < -0.39 is 0 Å². The summed E-state index contributed by atoms with van der Waals surface area (Å²) in [5.74, 6) is -0.106. The first-order valence-corrected chi connectivity index (χ1v) is 9.32. The lowest BCUT2D eigenvalue weighted by Gasteiger charge is -2.16. The number of nitrogens with one attached hydrogen (secondary N) is 2. The summed E-state index contributed by atoms with van der Waals surface area (Å²) in [5, 5.41) is 12.2. The van der Waals surface area contributed by atoms with Crippen LogP contribution >= 0.6 is 11.3 Å². The van der Waals surface area contributed by atoms with E-state index in [-0.39, 0.29) is 11.9 Å². The van der Waals surface area contributed by atoms with Gasteiger partial charge in [-0.1, -0.05) is 36.4 Å². The highest BCUT2D eigenvalue weighted by atomic mass is 32.1. The minimum absolute atomic E-state index is 0.106. The molecule has 1 unspecified atom stereocenters. The maximum absolute atomic E-state index is 12.4. The van der Waals surface area contributed by atoms with E-state index in [4.69, 9.17) is 0 Å². The summed E-state index contributed by atoms with van der Waals surface area (Å²) in [7, 11) is 0. The summed E-state index contributed by atoms with van der Waals surface area (Å²) in [6.45, 7) is 2.81. The molecular formula is C19H20N4OS. The van der Waals surface area contributed by atoms with Crippen molar-refractivity contribution in [1.82, 2.24) is 20.4 Å². The summed E-state index contributed by atoms with van der Waals surface area (Å²) in [6, 6.07) is 16.4. The third kappa shape index (κ3) is 3.81. The quantitative estimate of drug-likeness (QED) is 0.742. The van der Waals surface area contributed by atoms with E-state index in [1.807, 2.05) is 29.6 Å². The average Bonchev–Trinajstić information content (AvgIpc) is 3.37. The first kappa shape index (κ1) is 16.1. The van der Waals surface area contributed by atoms with Gasteiger partial charge in [-0.15, -0.1) is 11.3 Å². The Morgan fingerprint density at radius 2 is 2.16 bits per heavy atom. The van der Waals surface area contributed by atoms with Crippen LogP contribution in [0.3, 0.4) is 0 Å². The van der Waals surface area contributed by atoms with Gasteiger partial charge >= 0.3 is 0 Å². The molecule has 128 valence electrons. The Morgan fingerprint density at radius 3 is 2.96 bits per heavy atom. The van der Waals surface area contributed by atoms with Crippen molar-refractivity contribution < 1.29 is 4.79 Å². The lowest BCUT2D eigenvalue weighted by molar-refractivity contribution is 0.0932. The SMILES string of the molecule is O=C(NC1CCN(Cc2ccccc2)C1)c1cc(-c2cccs2)[nH]n1. The van der Waals surface area contributed by atoms with Gasteiger partial charge in [-0.05, 0) is 29.5 Å². The molecule has 3 aromatic rings. The molecule has 3 heterocycles. The van der Waals surface area contributed by atoms with Crippen molar-refractivity contribution in [2.45, 2.75) is 19.0 Å². The van der Waals surface area contributed by atoms with Crippen LogP contribution < -0.4 is 5.32 Å². The molecule has 6 heteroatoms. The second-order valence-corrected chi connectivity index (χ2v) is 7.27. The van der Waals surface area contributed by atoms with Gasteiger partial charge in [-0.3, -0.25) is 14.8 Å². The first-order valence-electron chi connectivity index (χ1n) is 8.44. The standard InChI is InChI=1S/C19H20N4OS/c24-19(17-11-16(21-22-17)18-7-4-10-25-18)20-15-8-9-23(13-15)12-14-5-2-1-3-6-14/h1-7,10-11,15H,8-9,12-13H2,(H,20,24)(H,21,22). The average molecular weight is 352 g/mol. The zero-order valence-corrected chi connectivity index (χ0v) is 14.6. The molecule has 0 radical (unpaired) electrons. The Bertz CT molecular complexity index is 828. The molecule has 0 bridgehead atoms. The highest BCUT2D eigenvalue weighted by Gasteiger charge is 2.25. The second-order valence-electron chi connectivity index (χ2n) is 6.32. The van der Waals surface area contributed by atoms with E-state index >= 15 is 0 Å². The van der Waals surface area contributed by atoms with Crippen molar-refractivity contribution >= 4 is 17.2 Å². The number of aromatic amines is 1. The third-order valence-electron chi connectivity index (χ3n) is 4.45. The van der Waals surface area contributed by atoms with Crippen LogP contribution in [0.15, 0.2) is 53.9 Å². The number of amides is 1. The summed E-state index contributed by atoms with van der Waals surface area (Å²) in [4.78, 5) is 15.9. The number of rotatable bonds is 5. The van der Waals surface area contributed by atoms with Crippen LogP contribution in [-0.4, -0.2) is 40.1 Å². The van der Waals surface area contributed by atoms with Crippen LogP contribution in [0.25, 0.3) is 10.6 Å². The predicted octanol–water partition coefficient (Wildman–Crippen LogP) is 3.14. The van der Waals surface area contributed by atoms with Crippen molar-refractivity contribution in [1.29, 1.82) is 0 Å². The molecule has 0 spiro atoms. The highest BCUT2D eigenvalue weighted by molar-refractivity contribution is 7.13. The van der Waals surface area contributed by atoms with Gasteiger partial charge < -0.3 is 5.32 Å². The number of hydrogen-bond donors (Lipinski definition) is 2. The molecule has 1 atom stereocenters. The molecule has 5 nitrogen and oxygen atoms in total. The molecule has 0 aliphatic carbocycles. The summed E-state index contributed by atoms with van der Waals surface area (Å²) < 4.78 is 0. The molecule has 1 aliphatic heterocycles. The van der Waals surface area contributed by atoms with E-state index in [0.717, 1.165) is 36.6 Å². The third-order valence-corrected chi connectivity index (χ3v) is 5.36. The van der Waals surface area contributed by atoms with Crippen molar-refractivity contribution in [2.75, 3.05) is 13.1 Å². The normalized spacial score (nSPS) is 17.7. The van der Waals surface area contributed by atoms with Gasteiger partial charge in [-0.2, -0.15) is 5.10 Å². The molecule has 2 N–H and O–H groups in total. The fraction of sp³-hybridized carbons (Fsp3) is 0.263. The van der Waals surface area contributed by atoms with Crippen LogP contribution in [0, 0.1) is 0 Å². The van der Waals surface area contributed by atoms with Crippen molar-refractivity contribution in [3.63, 3.8) is 0 Å². The van der Waals surface area contributed by atoms with Gasteiger partial charge in [0.2, 0.25) is 0 Å². The lowest BCUT2D eigenvalue weighted by atomic mass is 10.2. The van der Waals surface area contributed by atoms with Crippen LogP contribution in [0.1, 0.15) is 22.5 Å². The Hall–Kier alpha value is -2.44. The summed E-state index contributed by atoms with van der Waals surface area (Å²) in [6.07, 6.45) is 0.973. The van der Waals surface area contributed by atoms with Gasteiger partial charge in [0.25, 0.3) is 5.91 Å². The number of likely N-dealkylation sites (tertiary alicyclic amines) is 1. The van der Waals surface area contributed by atoms with E-state index in [1.54, 1.807) is 11.3 Å². The number of benzene rings is 1. The fourth-order valence-corrected chi connectivity index (χ4v) is 3.88. The number of carbonyl (C=O) groups excluding carboxylic acids is 1. The number of nitrogens with zero attached hydrogens (tertiary/aromatic N) is 2. The van der Waals surface area contributed by atoms with Crippen molar-refractivity contribution in [3.05, 3.63) is 65.2 Å². The maximum atomic E-state index is 12.4. The Kier molecular flexibility index (Phi) is 4.63. The molecule has 1 aromatic carbocycles. The Labute approximate surface area is 150 Å². The number of aromatic nitrogens is 2. The molecule has 0 saturated carbocycles. The molecule has 4 rings (SSSR count). The predicted molar refractivity (Wildman–Crippen MR) is 99.5 cm³/mol. The number of hydrogen-bond acceptors (Lipinski definition) is 4. The van der Waals surface area contributed by atoms with E-state index in [2.05, 4.69) is 44.7 Å².